The van der Waals surface area contributed by atoms with Crippen LogP contribution in [0.5, 0.6) is 0 Å². The van der Waals surface area contributed by atoms with Gasteiger partial charge in [0.25, 0.3) is 0 Å². The average molecular weight is 187 g/mol. The van der Waals surface area contributed by atoms with Crippen molar-refractivity contribution in [3.8, 4) is 0 Å². The molecule has 1 atom stereocenters. The fourth-order valence-corrected chi connectivity index (χ4v) is 0.531. The largest absolute Gasteiger partial charge is 0.337 e. The molecule has 0 N–H and O–H groups in total. The maximum Gasteiger partial charge on any atom is 0.210 e. The van der Waals surface area contributed by atoms with Gasteiger partial charge in [-0.3, -0.25) is 0 Å². The minimum absolute atomic E-state index is 0.341. The molecule has 77 valence electrons. The van der Waals surface area contributed by atoms with Crippen LogP contribution < -0.4 is 0 Å². The third-order valence-electron chi connectivity index (χ3n) is 0.937. The standard InChI is InChI=1S/C10H19O3/c1-7-9(11-8(2)3)12-13-10(4,5)6/h7,9H,1H2,2-6H3. The third-order valence-corrected chi connectivity index (χ3v) is 0.937. The van der Waals surface area contributed by atoms with Gasteiger partial charge in [0.1, 0.15) is 0 Å². The Labute approximate surface area is 80.6 Å². The number of hydrogen-bond donors (Lipinski definition) is 0. The van der Waals surface area contributed by atoms with Gasteiger partial charge in [0, 0.05) is 0 Å². The molecule has 1 unspecified atom stereocenters. The first-order valence-electron chi connectivity index (χ1n) is 4.29. The lowest BCUT2D eigenvalue weighted by atomic mass is 10.2. The van der Waals surface area contributed by atoms with Gasteiger partial charge in [-0.15, -0.1) is 0 Å². The first-order valence-corrected chi connectivity index (χ1v) is 4.29. The van der Waals surface area contributed by atoms with E-state index in [-0.39, 0.29) is 5.60 Å². The molecule has 0 amide bonds. The molecule has 3 nitrogen and oxygen atoms in total. The SMILES string of the molecule is C=CC(OOC(C)(C)C)O[C](C)C. The predicted molar refractivity (Wildman–Crippen MR) is 51.6 cm³/mol. The van der Waals surface area contributed by atoms with Crippen molar-refractivity contribution >= 4 is 0 Å². The molecule has 0 aromatic carbocycles. The van der Waals surface area contributed by atoms with Crippen LogP contribution in [-0.4, -0.2) is 11.9 Å². The van der Waals surface area contributed by atoms with Crippen molar-refractivity contribution in [1.82, 2.24) is 0 Å². The maximum atomic E-state index is 5.25. The molecule has 0 bridgehead atoms. The summed E-state index contributed by atoms with van der Waals surface area (Å²) >= 11 is 0. The zero-order valence-electron chi connectivity index (χ0n) is 9.09. The van der Waals surface area contributed by atoms with Crippen LogP contribution in [0.15, 0.2) is 12.7 Å². The molecule has 0 saturated heterocycles. The summed E-state index contributed by atoms with van der Waals surface area (Å²) in [6.07, 6.45) is 1.81. The van der Waals surface area contributed by atoms with Crippen molar-refractivity contribution < 1.29 is 14.5 Å². The van der Waals surface area contributed by atoms with Crippen LogP contribution in [0.1, 0.15) is 34.6 Å². The van der Waals surface area contributed by atoms with Gasteiger partial charge in [0.15, 0.2) is 0 Å². The van der Waals surface area contributed by atoms with E-state index in [1.165, 1.54) is 0 Å². The molecule has 0 spiro atoms. The van der Waals surface area contributed by atoms with E-state index in [0.29, 0.717) is 0 Å². The zero-order chi connectivity index (χ0) is 10.5. The summed E-state index contributed by atoms with van der Waals surface area (Å²) in [5.74, 6) is 0. The molecule has 0 saturated carbocycles. The lowest BCUT2D eigenvalue weighted by Gasteiger charge is -2.22. The predicted octanol–water partition coefficient (Wildman–Crippen LogP) is 2.83. The second-order valence-corrected chi connectivity index (χ2v) is 3.92. The van der Waals surface area contributed by atoms with Gasteiger partial charge in [-0.1, -0.05) is 6.58 Å². The lowest BCUT2D eigenvalue weighted by Crippen LogP contribution is -2.25. The summed E-state index contributed by atoms with van der Waals surface area (Å²) < 4.78 is 5.25. The van der Waals surface area contributed by atoms with Crippen LogP contribution in [0.2, 0.25) is 0 Å². The highest BCUT2D eigenvalue weighted by Crippen LogP contribution is 2.12. The van der Waals surface area contributed by atoms with Crippen LogP contribution in [0.3, 0.4) is 0 Å². The van der Waals surface area contributed by atoms with E-state index in [9.17, 15) is 0 Å². The Bertz CT molecular complexity index is 147. The second-order valence-electron chi connectivity index (χ2n) is 3.92. The molecule has 1 radical (unpaired) electrons. The summed E-state index contributed by atoms with van der Waals surface area (Å²) in [4.78, 5) is 10.1. The van der Waals surface area contributed by atoms with E-state index >= 15 is 0 Å². The molecular weight excluding hydrogens is 168 g/mol. The summed E-state index contributed by atoms with van der Waals surface area (Å²) in [5.41, 5.74) is -0.341. The first-order chi connectivity index (χ1) is 5.85. The smallest absolute Gasteiger partial charge is 0.210 e. The van der Waals surface area contributed by atoms with Gasteiger partial charge in [-0.25, -0.2) is 4.89 Å². The Hall–Kier alpha value is -0.380. The topological polar surface area (TPSA) is 27.7 Å². The van der Waals surface area contributed by atoms with Gasteiger partial charge in [-0.2, -0.15) is 4.89 Å². The highest BCUT2D eigenvalue weighted by Gasteiger charge is 2.16. The summed E-state index contributed by atoms with van der Waals surface area (Å²) in [7, 11) is 0. The van der Waals surface area contributed by atoms with Gasteiger partial charge in [-0.05, 0) is 40.7 Å². The minimum atomic E-state index is -0.538. The molecule has 0 aromatic heterocycles. The number of hydrogen-bond acceptors (Lipinski definition) is 3. The Kier molecular flexibility index (Phi) is 5.21. The van der Waals surface area contributed by atoms with Crippen molar-refractivity contribution in [3.63, 3.8) is 0 Å². The van der Waals surface area contributed by atoms with Gasteiger partial charge in [0.2, 0.25) is 6.29 Å². The fourth-order valence-electron chi connectivity index (χ4n) is 0.531. The lowest BCUT2D eigenvalue weighted by molar-refractivity contribution is -0.402. The normalized spacial score (nSPS) is 14.6. The zero-order valence-corrected chi connectivity index (χ0v) is 9.09. The molecule has 0 aliphatic carbocycles. The average Bonchev–Trinajstić information content (AvgIpc) is 1.95. The molecule has 0 aromatic rings. The summed E-state index contributed by atoms with van der Waals surface area (Å²) in [6.45, 7) is 13.0. The van der Waals surface area contributed by atoms with Crippen molar-refractivity contribution in [1.29, 1.82) is 0 Å². The second kappa shape index (κ2) is 5.37. The molecular formula is C10H19O3. The van der Waals surface area contributed by atoms with Crippen LogP contribution in [0.25, 0.3) is 0 Å². The number of ether oxygens (including phenoxy) is 1. The fraction of sp³-hybridized carbons (Fsp3) is 0.700. The summed E-state index contributed by atoms with van der Waals surface area (Å²) in [5, 5.41) is 0. The Morgan fingerprint density at radius 2 is 1.85 bits per heavy atom. The summed E-state index contributed by atoms with van der Waals surface area (Å²) in [6, 6.07) is 0. The van der Waals surface area contributed by atoms with Crippen LogP contribution in [-0.2, 0) is 14.5 Å². The molecule has 13 heavy (non-hydrogen) atoms. The Morgan fingerprint density at radius 1 is 1.31 bits per heavy atom. The molecule has 0 fully saturated rings. The van der Waals surface area contributed by atoms with Gasteiger partial charge >= 0.3 is 0 Å². The first kappa shape index (κ1) is 12.6. The maximum absolute atomic E-state index is 5.25. The van der Waals surface area contributed by atoms with E-state index in [1.54, 1.807) is 6.08 Å². The Balaban J connectivity index is 3.79. The minimum Gasteiger partial charge on any atom is -0.337 e. The van der Waals surface area contributed by atoms with E-state index in [1.807, 2.05) is 34.6 Å². The molecule has 0 rings (SSSR count). The molecule has 0 aliphatic heterocycles. The monoisotopic (exact) mass is 187 g/mol. The molecule has 3 heteroatoms. The van der Waals surface area contributed by atoms with Crippen molar-refractivity contribution in [2.75, 3.05) is 0 Å². The van der Waals surface area contributed by atoms with Crippen molar-refractivity contribution in [2.24, 2.45) is 0 Å². The van der Waals surface area contributed by atoms with E-state index in [2.05, 4.69) is 6.58 Å². The van der Waals surface area contributed by atoms with Gasteiger partial charge < -0.3 is 4.74 Å². The van der Waals surface area contributed by atoms with E-state index in [0.717, 1.165) is 6.10 Å². The quantitative estimate of drug-likeness (QED) is 0.287. The van der Waals surface area contributed by atoms with Crippen molar-refractivity contribution in [2.45, 2.75) is 46.5 Å². The van der Waals surface area contributed by atoms with Crippen LogP contribution >= 0.6 is 0 Å². The Morgan fingerprint density at radius 3 is 2.15 bits per heavy atom. The highest BCUT2D eigenvalue weighted by atomic mass is 17.2. The number of rotatable bonds is 5. The highest BCUT2D eigenvalue weighted by molar-refractivity contribution is 4.75. The van der Waals surface area contributed by atoms with Crippen LogP contribution in [0, 0.1) is 6.10 Å². The van der Waals surface area contributed by atoms with E-state index in [4.69, 9.17) is 14.5 Å². The van der Waals surface area contributed by atoms with Crippen LogP contribution in [0.4, 0.5) is 0 Å². The molecule has 0 heterocycles. The van der Waals surface area contributed by atoms with Gasteiger partial charge in [0.05, 0.1) is 11.7 Å². The van der Waals surface area contributed by atoms with E-state index < -0.39 is 6.29 Å². The molecule has 0 aliphatic rings. The third kappa shape index (κ3) is 7.96. The van der Waals surface area contributed by atoms with Crippen molar-refractivity contribution in [3.05, 3.63) is 18.8 Å².